The number of hydrogen-bond donors (Lipinski definition) is 0. The molecule has 1 aromatic carbocycles. The minimum atomic E-state index is -0.505. The summed E-state index contributed by atoms with van der Waals surface area (Å²) in [4.78, 5) is 12.0. The number of rotatable bonds is 8. The number of benzene rings is 1. The van der Waals surface area contributed by atoms with Crippen LogP contribution in [-0.4, -0.2) is 18.7 Å². The third-order valence-corrected chi connectivity index (χ3v) is 9.61. The molecule has 208 valence electrons. The summed E-state index contributed by atoms with van der Waals surface area (Å²) >= 11 is 0. The first-order valence-electron chi connectivity index (χ1n) is 14.9. The number of hydrogen-bond acceptors (Lipinski definition) is 3. The molecule has 37 heavy (non-hydrogen) atoms. The van der Waals surface area contributed by atoms with Gasteiger partial charge in [-0.1, -0.05) is 76.8 Å². The summed E-state index contributed by atoms with van der Waals surface area (Å²) in [6, 6.07) is 7.03. The van der Waals surface area contributed by atoms with Crippen LogP contribution in [0.4, 0.5) is 0 Å². The highest BCUT2D eigenvalue weighted by molar-refractivity contribution is 5.66. The lowest BCUT2D eigenvalue weighted by Gasteiger charge is -2.41. The zero-order chi connectivity index (χ0) is 27.2. The van der Waals surface area contributed by atoms with E-state index in [4.69, 9.17) is 9.47 Å². The van der Waals surface area contributed by atoms with Crippen molar-refractivity contribution in [2.75, 3.05) is 7.11 Å². The van der Waals surface area contributed by atoms with E-state index in [0.717, 1.165) is 43.4 Å². The van der Waals surface area contributed by atoms with Crippen LogP contribution in [0.2, 0.25) is 0 Å². The van der Waals surface area contributed by atoms with Crippen LogP contribution in [0.5, 0.6) is 0 Å². The maximum absolute atomic E-state index is 12.0. The van der Waals surface area contributed by atoms with Gasteiger partial charge in [0.05, 0.1) is 6.61 Å². The van der Waals surface area contributed by atoms with E-state index in [2.05, 4.69) is 65.8 Å². The van der Waals surface area contributed by atoms with Gasteiger partial charge in [0.15, 0.2) is 0 Å². The van der Waals surface area contributed by atoms with E-state index in [-0.39, 0.29) is 11.4 Å². The lowest BCUT2D eigenvalue weighted by molar-refractivity contribution is -0.155. The summed E-state index contributed by atoms with van der Waals surface area (Å²) in [6.45, 7) is 16.3. The Morgan fingerprint density at radius 1 is 1.11 bits per heavy atom. The molecule has 3 heteroatoms. The molecule has 1 aromatic rings. The molecule has 5 atom stereocenters. The van der Waals surface area contributed by atoms with Gasteiger partial charge in [-0.15, -0.1) is 0 Å². The van der Waals surface area contributed by atoms with Crippen molar-refractivity contribution in [1.82, 2.24) is 0 Å². The smallest absolute Gasteiger partial charge is 0.303 e. The minimum Gasteiger partial charge on any atom is -0.459 e. The summed E-state index contributed by atoms with van der Waals surface area (Å²) in [5, 5.41) is 0. The topological polar surface area (TPSA) is 35.5 Å². The Balaban J connectivity index is 2.00. The van der Waals surface area contributed by atoms with Gasteiger partial charge in [-0.2, -0.15) is 0 Å². The highest BCUT2D eigenvalue weighted by Gasteiger charge is 2.48. The Kier molecular flexibility index (Phi) is 10.5. The number of allylic oxidation sites excluding steroid dienone is 2. The van der Waals surface area contributed by atoms with Crippen LogP contribution < -0.4 is 0 Å². The van der Waals surface area contributed by atoms with E-state index < -0.39 is 5.60 Å². The number of esters is 1. The van der Waals surface area contributed by atoms with Crippen molar-refractivity contribution in [1.29, 1.82) is 0 Å². The van der Waals surface area contributed by atoms with Crippen LogP contribution in [-0.2, 0) is 27.3 Å². The second kappa shape index (κ2) is 13.0. The first kappa shape index (κ1) is 29.9. The van der Waals surface area contributed by atoms with Gasteiger partial charge in [0, 0.05) is 20.5 Å². The molecule has 0 saturated heterocycles. The second-order valence-electron chi connectivity index (χ2n) is 13.3. The van der Waals surface area contributed by atoms with Crippen molar-refractivity contribution in [2.45, 2.75) is 131 Å². The zero-order valence-electron chi connectivity index (χ0n) is 25.1. The van der Waals surface area contributed by atoms with Gasteiger partial charge in [0.2, 0.25) is 0 Å². The number of carbonyl (C=O) groups excluding carboxylic acids is 1. The second-order valence-corrected chi connectivity index (χ2v) is 13.3. The molecule has 0 aromatic heterocycles. The van der Waals surface area contributed by atoms with E-state index in [1.807, 2.05) is 0 Å². The Morgan fingerprint density at radius 2 is 1.86 bits per heavy atom. The maximum atomic E-state index is 12.0. The number of methoxy groups -OCH3 is 1. The van der Waals surface area contributed by atoms with Crippen LogP contribution >= 0.6 is 0 Å². The molecule has 0 unspecified atom stereocenters. The highest BCUT2D eigenvalue weighted by Crippen LogP contribution is 2.59. The molecule has 0 heterocycles. The van der Waals surface area contributed by atoms with Crippen LogP contribution in [0.1, 0.15) is 129 Å². The normalized spacial score (nSPS) is 30.9. The molecule has 4 rings (SSSR count). The quantitative estimate of drug-likeness (QED) is 0.258. The van der Waals surface area contributed by atoms with Gasteiger partial charge in [-0.25, -0.2) is 0 Å². The van der Waals surface area contributed by atoms with Crippen LogP contribution in [0.25, 0.3) is 0 Å². The van der Waals surface area contributed by atoms with Crippen molar-refractivity contribution in [3.63, 3.8) is 0 Å². The number of fused-ring (bicyclic) bond motifs is 8. The SMILES string of the molecule is COCc1cc2ccc1[C@@H]1CC[C@H]([C@H](C)CCCC(C)C)[C@@]1(C)CC/C=C(/C)CC[C@](C)(OC(C)=O)C2. The Labute approximate surface area is 227 Å². The monoisotopic (exact) mass is 510 g/mol. The van der Waals surface area contributed by atoms with Crippen molar-refractivity contribution in [3.8, 4) is 0 Å². The van der Waals surface area contributed by atoms with Crippen molar-refractivity contribution in [2.24, 2.45) is 23.2 Å². The zero-order valence-corrected chi connectivity index (χ0v) is 25.1. The molecule has 1 fully saturated rings. The van der Waals surface area contributed by atoms with E-state index in [1.54, 1.807) is 7.11 Å². The predicted molar refractivity (Wildman–Crippen MR) is 155 cm³/mol. The molecule has 3 nitrogen and oxygen atoms in total. The standard InChI is InChI=1S/C34H54O3/c1-24(2)11-9-13-26(4)31-16-17-32-30-15-14-28(21-29(30)23-36-8)22-33(6,37-27(5)35)20-18-25(3)12-10-19-34(31,32)7/h12,14-15,21,24,26,31-32H,9-11,13,16-20,22-23H2,1-8H3/b25-12-/t26-,31-,32+,33+,34-/m1/s1. The Hall–Kier alpha value is -1.61. The molecule has 3 aliphatic carbocycles. The molecule has 3 aliphatic rings. The fraction of sp³-hybridized carbons (Fsp3) is 0.735. The largest absolute Gasteiger partial charge is 0.459 e. The van der Waals surface area contributed by atoms with Gasteiger partial charge in [-0.05, 0) is 98.1 Å². The molecule has 0 radical (unpaired) electrons. The van der Waals surface area contributed by atoms with Crippen molar-refractivity contribution >= 4 is 5.97 Å². The average molecular weight is 511 g/mol. The minimum absolute atomic E-state index is 0.200. The summed E-state index contributed by atoms with van der Waals surface area (Å²) in [6.07, 6.45) is 14.0. The van der Waals surface area contributed by atoms with Crippen molar-refractivity contribution in [3.05, 3.63) is 46.5 Å². The molecule has 0 spiro atoms. The molecule has 0 aliphatic heterocycles. The Morgan fingerprint density at radius 3 is 2.54 bits per heavy atom. The fourth-order valence-electron chi connectivity index (χ4n) is 7.66. The molecular formula is C34H54O3. The molecule has 0 amide bonds. The fourth-order valence-corrected chi connectivity index (χ4v) is 7.66. The first-order valence-corrected chi connectivity index (χ1v) is 14.9. The predicted octanol–water partition coefficient (Wildman–Crippen LogP) is 9.18. The van der Waals surface area contributed by atoms with Crippen molar-refractivity contribution < 1.29 is 14.3 Å². The summed E-state index contributed by atoms with van der Waals surface area (Å²) < 4.78 is 11.6. The van der Waals surface area contributed by atoms with Gasteiger partial charge < -0.3 is 9.47 Å². The number of carbonyl (C=O) groups is 1. The molecule has 1 saturated carbocycles. The lowest BCUT2D eigenvalue weighted by atomic mass is 9.63. The Bertz CT molecular complexity index is 931. The lowest BCUT2D eigenvalue weighted by Crippen LogP contribution is -2.34. The highest BCUT2D eigenvalue weighted by atomic mass is 16.6. The molecule has 0 N–H and O–H groups in total. The van der Waals surface area contributed by atoms with Gasteiger partial charge >= 0.3 is 5.97 Å². The van der Waals surface area contributed by atoms with Crippen LogP contribution in [0.15, 0.2) is 29.8 Å². The third kappa shape index (κ3) is 7.71. The molecular weight excluding hydrogens is 456 g/mol. The van der Waals surface area contributed by atoms with E-state index in [9.17, 15) is 4.79 Å². The van der Waals surface area contributed by atoms with Gasteiger partial charge in [0.25, 0.3) is 0 Å². The first-order chi connectivity index (χ1) is 17.5. The van der Waals surface area contributed by atoms with Gasteiger partial charge in [0.1, 0.15) is 5.60 Å². The van der Waals surface area contributed by atoms with E-state index in [0.29, 0.717) is 12.5 Å². The van der Waals surface area contributed by atoms with E-state index in [1.165, 1.54) is 67.7 Å². The average Bonchev–Trinajstić information content (AvgIpc) is 3.13. The number of ether oxygens (including phenoxy) is 2. The molecule has 2 bridgehead atoms. The summed E-state index contributed by atoms with van der Waals surface area (Å²) in [7, 11) is 1.80. The summed E-state index contributed by atoms with van der Waals surface area (Å²) in [5.41, 5.74) is 5.24. The van der Waals surface area contributed by atoms with Crippen LogP contribution in [0.3, 0.4) is 0 Å². The van der Waals surface area contributed by atoms with Crippen LogP contribution in [0, 0.1) is 23.2 Å². The van der Waals surface area contributed by atoms with E-state index >= 15 is 0 Å². The van der Waals surface area contributed by atoms with Gasteiger partial charge in [-0.3, -0.25) is 4.79 Å². The third-order valence-electron chi connectivity index (χ3n) is 9.61. The summed E-state index contributed by atoms with van der Waals surface area (Å²) in [5.74, 6) is 2.66. The maximum Gasteiger partial charge on any atom is 0.303 e.